The van der Waals surface area contributed by atoms with Crippen LogP contribution in [0.1, 0.15) is 207 Å². The van der Waals surface area contributed by atoms with Crippen molar-refractivity contribution >= 4 is 117 Å². The molecule has 2 aromatic carbocycles. The number of hydrogen-bond donors (Lipinski definition) is 26. The number of rotatable bonds is 53. The van der Waals surface area contributed by atoms with Crippen molar-refractivity contribution in [3.63, 3.8) is 0 Å². The summed E-state index contributed by atoms with van der Waals surface area (Å²) in [4.78, 5) is 259. The van der Waals surface area contributed by atoms with Crippen molar-refractivity contribution < 1.29 is 102 Å². The fourth-order valence-electron chi connectivity index (χ4n) is 16.1. The van der Waals surface area contributed by atoms with Crippen molar-refractivity contribution in [1.29, 1.82) is 0 Å². The number of aliphatic hydroxyl groups is 2. The molecule has 1 saturated heterocycles. The number of hydrogen-bond acceptors (Lipinski definition) is 26. The first kappa shape index (κ1) is 116. The maximum atomic E-state index is 14.9. The van der Waals surface area contributed by atoms with Crippen molar-refractivity contribution in [2.75, 3.05) is 66.0 Å². The number of fused-ring (bicyclic) bond motifs is 1. The normalized spacial score (nSPS) is 19.9. The van der Waals surface area contributed by atoms with Crippen LogP contribution in [0.5, 0.6) is 5.75 Å². The lowest BCUT2D eigenvalue weighted by Gasteiger charge is -2.33. The number of nitrogens with zero attached hydrogens (tertiary/aromatic N) is 1. The molecule has 0 unspecified atom stereocenters. The molecule has 0 spiro atoms. The lowest BCUT2D eigenvalue weighted by atomic mass is 9.91. The standard InChI is InChI=1S/C93H150N24O21/c1-54(2)44-66(112-89(136)77(56(5)119)114-85(132)69(105-74(122)50-100-8)47-58-49-101-61-27-14-13-26-60(58)61)82(129)111-70(48-73(98)121)84(131)113-71(53-118)87(134)116-92(6)37-19-11-9-10-12-20-38-93(7,115-86(133)67(45-55(3)4)110-83(130)68(104-75(123)51-102-90(92)137)46-57-33-35-59(120)36-34-57)91(138)103-52-76(124)117-43-25-32-72(117)88(135)109-65(31-18-24-42-97)81(128)108-64(30-17-23-41-96)80(127)107-63(29-16-22-40-95)79(126)106-62(78(99)125)28-15-21-39-94/h9-10,13-14,26-27,33-36,49,54-56,62-72,77,100-101,118-120H,11-12,15-25,28-32,37-48,50-53,94-97H2,1-8H3,(H2,98,121)(H2,99,125)(H,102,137)(H,103,138)(H,104,123)(H,105,122)(H,106,126)(H,107,127)(H,108,128)(H,109,135)(H,110,130)(H,111,129)(H,112,136)(H,113,131)(H,114,132)(H,115,133)(H,116,134)/b10-9-/t56-,62+,63+,64+,65+,66+,67+,68+,69+,70+,71+,72+,77+,92+,93+/m1/s1. The molecule has 2 aliphatic heterocycles. The SMILES string of the molecule is CNCC(=O)N[C@@H](Cc1c[nH]c2ccccc12)C(=O)N[C@H](C(=O)N[C@@H](CC(C)C)C(=O)N[C@@H](CC(N)=O)C(=O)N[C@@H](CO)C(=O)N[C@@]1(C)CCC/C=C\CCC[C@@](C)(C(=O)NCC(=O)N2CCC[C@H]2C(=O)N[C@@H](CCCCN)C(=O)N[C@@H](CCCCN)C(=O)N[C@@H](CCCCN)C(=O)N[C@@H](CCCCN)C(N)=O)NC(=O)[C@H](CC(C)C)NC(=O)[C@H](Cc2ccc(O)cc2)NC(=O)CNC1=O)[C@@H](C)O. The summed E-state index contributed by atoms with van der Waals surface area (Å²) in [6.45, 7) is 9.08. The fraction of sp³-hybridized carbons (Fsp3) is 0.634. The second kappa shape index (κ2) is 59.8. The van der Waals surface area contributed by atoms with E-state index in [1.165, 1.54) is 57.0 Å². The first-order chi connectivity index (χ1) is 65.5. The van der Waals surface area contributed by atoms with E-state index in [0.717, 1.165) is 10.9 Å². The number of phenols is 1. The summed E-state index contributed by atoms with van der Waals surface area (Å²) in [7, 11) is 1.52. The number of amides is 18. The van der Waals surface area contributed by atoms with Gasteiger partial charge in [-0.15, -0.1) is 0 Å². The van der Waals surface area contributed by atoms with Crippen LogP contribution in [0.25, 0.3) is 10.9 Å². The van der Waals surface area contributed by atoms with Gasteiger partial charge in [-0.3, -0.25) is 86.3 Å². The number of nitrogens with one attached hydrogen (secondary N) is 17. The summed E-state index contributed by atoms with van der Waals surface area (Å²) in [5.74, 6) is -17.0. The summed E-state index contributed by atoms with van der Waals surface area (Å²) >= 11 is 0. The number of allylic oxidation sites excluding steroid dienone is 2. The van der Waals surface area contributed by atoms with Crippen LogP contribution in [-0.4, -0.2) is 287 Å². The minimum Gasteiger partial charge on any atom is -0.508 e. The Labute approximate surface area is 804 Å². The average molecular weight is 1940 g/mol. The molecule has 5 rings (SSSR count). The number of likely N-dealkylation sites (tertiary alicyclic amines) is 1. The second-order valence-electron chi connectivity index (χ2n) is 36.6. The van der Waals surface area contributed by atoms with E-state index in [2.05, 4.69) is 90.1 Å². The van der Waals surface area contributed by atoms with Gasteiger partial charge in [0.1, 0.15) is 89.3 Å². The van der Waals surface area contributed by atoms with Crippen LogP contribution in [0.2, 0.25) is 0 Å². The van der Waals surface area contributed by atoms with Gasteiger partial charge in [0.2, 0.25) is 106 Å². The zero-order valence-electron chi connectivity index (χ0n) is 80.7. The third kappa shape index (κ3) is 39.3. The van der Waals surface area contributed by atoms with Crippen molar-refractivity contribution in [1.82, 2.24) is 95.0 Å². The molecule has 0 bridgehead atoms. The highest BCUT2D eigenvalue weighted by Gasteiger charge is 2.44. The number of unbranched alkanes of at least 4 members (excludes halogenated alkanes) is 4. The van der Waals surface area contributed by atoms with E-state index in [0.29, 0.717) is 75.5 Å². The van der Waals surface area contributed by atoms with Crippen LogP contribution in [-0.2, 0) is 99.1 Å². The number of aromatic amines is 1. The number of primary amides is 2. The molecule has 2 aliphatic rings. The highest BCUT2D eigenvalue weighted by atomic mass is 16.3. The molecule has 15 atom stereocenters. The quantitative estimate of drug-likeness (QED) is 0.0187. The Hall–Kier alpha value is -12.3. The topological polar surface area (TPSA) is 736 Å². The Morgan fingerprint density at radius 3 is 1.64 bits per heavy atom. The number of aromatic nitrogens is 1. The van der Waals surface area contributed by atoms with E-state index in [1.807, 2.05) is 12.1 Å². The van der Waals surface area contributed by atoms with Gasteiger partial charge < -0.3 is 145 Å². The zero-order valence-corrected chi connectivity index (χ0v) is 80.7. The molecule has 0 radical (unpaired) electrons. The number of aliphatic hydroxyl groups excluding tert-OH is 2. The lowest BCUT2D eigenvalue weighted by Crippen LogP contribution is -2.64. The highest BCUT2D eigenvalue weighted by molar-refractivity contribution is 6.02. The summed E-state index contributed by atoms with van der Waals surface area (Å²) in [6.07, 6.45) is 6.92. The van der Waals surface area contributed by atoms with Crippen LogP contribution in [0, 0.1) is 11.8 Å². The van der Waals surface area contributed by atoms with Gasteiger partial charge in [-0.25, -0.2) is 0 Å². The molecule has 3 heterocycles. The largest absolute Gasteiger partial charge is 0.508 e. The first-order valence-corrected chi connectivity index (χ1v) is 47.7. The molecule has 1 fully saturated rings. The van der Waals surface area contributed by atoms with Gasteiger partial charge >= 0.3 is 0 Å². The van der Waals surface area contributed by atoms with Crippen LogP contribution in [0.4, 0.5) is 0 Å². The number of aromatic hydroxyl groups is 1. The van der Waals surface area contributed by atoms with Gasteiger partial charge in [0.25, 0.3) is 0 Å². The maximum absolute atomic E-state index is 14.9. The summed E-state index contributed by atoms with van der Waals surface area (Å²) < 4.78 is 0. The van der Waals surface area contributed by atoms with Crippen molar-refractivity contribution in [2.45, 2.75) is 299 Å². The highest BCUT2D eigenvalue weighted by Crippen LogP contribution is 2.25. The third-order valence-corrected chi connectivity index (χ3v) is 23.8. The van der Waals surface area contributed by atoms with Gasteiger partial charge in [0, 0.05) is 36.5 Å². The Morgan fingerprint density at radius 1 is 0.558 bits per heavy atom. The van der Waals surface area contributed by atoms with Crippen molar-refractivity contribution in [3.8, 4) is 5.75 Å². The average Bonchev–Trinajstić information content (AvgIpc) is 1.73. The summed E-state index contributed by atoms with van der Waals surface area (Å²) in [5, 5.41) is 74.6. The molecule has 0 aliphatic carbocycles. The molecule has 0 saturated carbocycles. The smallest absolute Gasteiger partial charge is 0.245 e. The molecule has 32 N–H and O–H groups in total. The fourth-order valence-corrected chi connectivity index (χ4v) is 16.1. The molecule has 45 heteroatoms. The number of carbonyl (C=O) groups is 18. The zero-order chi connectivity index (χ0) is 102. The number of para-hydroxylation sites is 1. The molecule has 1 aromatic heterocycles. The minimum atomic E-state index is -2.01. The molecule has 138 heavy (non-hydrogen) atoms. The van der Waals surface area contributed by atoms with E-state index in [9.17, 15) is 102 Å². The van der Waals surface area contributed by atoms with Gasteiger partial charge in [-0.1, -0.05) is 70.2 Å². The molecular weight excluding hydrogens is 1790 g/mol. The predicted octanol–water partition coefficient (Wildman–Crippen LogP) is -4.56. The molecule has 3 aromatic rings. The number of carbonyl (C=O) groups excluding carboxylic acids is 18. The second-order valence-corrected chi connectivity index (χ2v) is 36.6. The van der Waals surface area contributed by atoms with E-state index < -0.39 is 222 Å². The Bertz CT molecular complexity index is 4590. The van der Waals surface area contributed by atoms with Gasteiger partial charge in [-0.2, -0.15) is 0 Å². The molecule has 18 amide bonds. The Morgan fingerprint density at radius 2 is 1.09 bits per heavy atom. The van der Waals surface area contributed by atoms with Crippen molar-refractivity contribution in [3.05, 3.63) is 78.0 Å². The van der Waals surface area contributed by atoms with Crippen LogP contribution in [0.3, 0.4) is 0 Å². The molecule has 768 valence electrons. The molecular formula is C93H150N24O21. The van der Waals surface area contributed by atoms with Crippen LogP contribution < -0.4 is 119 Å². The van der Waals surface area contributed by atoms with E-state index in [4.69, 9.17) is 34.4 Å². The van der Waals surface area contributed by atoms with Crippen molar-refractivity contribution in [2.24, 2.45) is 46.2 Å². The number of benzene rings is 2. The number of H-pyrrole nitrogens is 1. The van der Waals surface area contributed by atoms with Gasteiger partial charge in [-0.05, 0) is 236 Å². The van der Waals surface area contributed by atoms with Crippen LogP contribution in [0.15, 0.2) is 66.9 Å². The number of nitrogens with two attached hydrogens (primary N) is 6. The minimum absolute atomic E-state index is 0.0365. The first-order valence-electron chi connectivity index (χ1n) is 47.7. The summed E-state index contributed by atoms with van der Waals surface area (Å²) in [5.41, 5.74) is 32.3. The number of phenolic OH excluding ortho intramolecular Hbond substituents is 1. The van der Waals surface area contributed by atoms with Crippen LogP contribution >= 0.6 is 0 Å². The predicted molar refractivity (Wildman–Crippen MR) is 512 cm³/mol. The maximum Gasteiger partial charge on any atom is 0.245 e. The summed E-state index contributed by atoms with van der Waals surface area (Å²) in [6, 6.07) is -4.55. The monoisotopic (exact) mass is 1940 g/mol. The van der Waals surface area contributed by atoms with E-state index in [1.54, 1.807) is 58.2 Å². The number of likely N-dealkylation sites (N-methyl/N-ethyl adjacent to an activating group) is 1. The van der Waals surface area contributed by atoms with E-state index >= 15 is 0 Å². The Balaban J connectivity index is 1.38. The van der Waals surface area contributed by atoms with Gasteiger partial charge in [0.05, 0.1) is 38.8 Å². The lowest BCUT2D eigenvalue weighted by molar-refractivity contribution is -0.141. The molecule has 45 nitrogen and oxygen atoms in total. The van der Waals surface area contributed by atoms with Gasteiger partial charge in [0.15, 0.2) is 0 Å². The van der Waals surface area contributed by atoms with E-state index in [-0.39, 0.29) is 147 Å². The third-order valence-electron chi connectivity index (χ3n) is 23.8. The Kier molecular flexibility index (Phi) is 50.3.